The van der Waals surface area contributed by atoms with E-state index in [9.17, 15) is 9.59 Å². The van der Waals surface area contributed by atoms with E-state index in [-0.39, 0.29) is 25.5 Å². The van der Waals surface area contributed by atoms with Crippen LogP contribution in [0.1, 0.15) is 48.8 Å². The molecule has 0 atom stereocenters. The molecule has 3 aromatic rings. The van der Waals surface area contributed by atoms with Crippen LogP contribution in [0.15, 0.2) is 72.8 Å². The van der Waals surface area contributed by atoms with Crippen molar-refractivity contribution in [2.24, 2.45) is 0 Å². The lowest BCUT2D eigenvalue weighted by atomic mass is 9.98. The molecule has 0 heterocycles. The Morgan fingerprint density at radius 1 is 0.909 bits per heavy atom. The molecular formula is C28H29NO4. The lowest BCUT2D eigenvalue weighted by molar-refractivity contribution is -0.137. The van der Waals surface area contributed by atoms with Crippen LogP contribution in [0.3, 0.4) is 0 Å². The Morgan fingerprint density at radius 3 is 2.09 bits per heavy atom. The Labute approximate surface area is 194 Å². The highest BCUT2D eigenvalue weighted by Gasteiger charge is 2.30. The van der Waals surface area contributed by atoms with Crippen molar-refractivity contribution in [3.8, 4) is 11.1 Å². The number of aryl methyl sites for hydroxylation is 1. The van der Waals surface area contributed by atoms with Gasteiger partial charge in [0.1, 0.15) is 6.61 Å². The molecule has 0 bridgehead atoms. The number of carbonyl (C=O) groups is 2. The summed E-state index contributed by atoms with van der Waals surface area (Å²) in [7, 11) is 0. The van der Waals surface area contributed by atoms with Crippen LogP contribution in [0.5, 0.6) is 0 Å². The summed E-state index contributed by atoms with van der Waals surface area (Å²) in [4.78, 5) is 25.7. The average molecular weight is 444 g/mol. The summed E-state index contributed by atoms with van der Waals surface area (Å²) in [6, 6.07) is 24.3. The standard InChI is InChI=1S/C28H29NO4/c1-2-8-20-14-16-21(17-15-20)29(18-7-13-27(30)31)28(32)33-19-26-24-11-5-3-9-22(24)23-10-4-6-12-25(23)26/h3-6,9-12,14-17,26H,2,7-8,13,18-19H2,1H3,(H,30,31). The van der Waals surface area contributed by atoms with Crippen LogP contribution >= 0.6 is 0 Å². The van der Waals surface area contributed by atoms with E-state index in [1.165, 1.54) is 16.7 Å². The van der Waals surface area contributed by atoms with Crippen LogP contribution in [0.2, 0.25) is 0 Å². The number of carboxylic acids is 1. The topological polar surface area (TPSA) is 66.8 Å². The largest absolute Gasteiger partial charge is 0.481 e. The zero-order valence-corrected chi connectivity index (χ0v) is 18.9. The number of anilines is 1. The SMILES string of the molecule is CCCc1ccc(N(CCCC(=O)O)C(=O)OCC2c3ccccc3-c3ccccc32)cc1. The minimum Gasteiger partial charge on any atom is -0.481 e. The number of hydrogen-bond acceptors (Lipinski definition) is 3. The predicted molar refractivity (Wildman–Crippen MR) is 130 cm³/mol. The van der Waals surface area contributed by atoms with Crippen LogP contribution in [0, 0.1) is 0 Å². The number of carbonyl (C=O) groups excluding carboxylic acids is 1. The summed E-state index contributed by atoms with van der Waals surface area (Å²) in [6.07, 6.45) is 1.93. The van der Waals surface area contributed by atoms with E-state index in [2.05, 4.69) is 31.2 Å². The molecule has 1 aliphatic rings. The van der Waals surface area contributed by atoms with Crippen LogP contribution in [-0.2, 0) is 16.0 Å². The van der Waals surface area contributed by atoms with Crippen molar-refractivity contribution >= 4 is 17.7 Å². The molecule has 0 unspecified atom stereocenters. The number of ether oxygens (including phenoxy) is 1. The maximum atomic E-state index is 13.2. The van der Waals surface area contributed by atoms with Gasteiger partial charge in [-0.25, -0.2) is 4.79 Å². The number of rotatable bonds is 9. The molecule has 0 radical (unpaired) electrons. The van der Waals surface area contributed by atoms with Crippen molar-refractivity contribution in [3.05, 3.63) is 89.5 Å². The van der Waals surface area contributed by atoms with Crippen molar-refractivity contribution in [2.45, 2.75) is 38.5 Å². The summed E-state index contributed by atoms with van der Waals surface area (Å²) < 4.78 is 5.83. The maximum Gasteiger partial charge on any atom is 0.414 e. The fourth-order valence-electron chi connectivity index (χ4n) is 4.52. The van der Waals surface area contributed by atoms with Crippen molar-refractivity contribution in [3.63, 3.8) is 0 Å². The third kappa shape index (κ3) is 5.08. The summed E-state index contributed by atoms with van der Waals surface area (Å²) in [5, 5.41) is 9.03. The second kappa shape index (κ2) is 10.3. The van der Waals surface area contributed by atoms with Gasteiger partial charge in [-0.1, -0.05) is 74.0 Å². The van der Waals surface area contributed by atoms with E-state index in [0.29, 0.717) is 6.42 Å². The molecule has 33 heavy (non-hydrogen) atoms. The minimum atomic E-state index is -0.874. The molecule has 170 valence electrons. The first kappa shape index (κ1) is 22.6. The number of hydrogen-bond donors (Lipinski definition) is 1. The molecule has 0 saturated carbocycles. The van der Waals surface area contributed by atoms with Gasteiger partial charge < -0.3 is 9.84 Å². The van der Waals surface area contributed by atoms with Gasteiger partial charge >= 0.3 is 12.1 Å². The molecule has 1 amide bonds. The smallest absolute Gasteiger partial charge is 0.414 e. The maximum absolute atomic E-state index is 13.2. The van der Waals surface area contributed by atoms with Gasteiger partial charge in [0.2, 0.25) is 0 Å². The van der Waals surface area contributed by atoms with E-state index in [1.807, 2.05) is 48.5 Å². The van der Waals surface area contributed by atoms with Crippen molar-refractivity contribution in [1.82, 2.24) is 0 Å². The van der Waals surface area contributed by atoms with Crippen molar-refractivity contribution in [1.29, 1.82) is 0 Å². The van der Waals surface area contributed by atoms with Gasteiger partial charge in [-0.05, 0) is 52.8 Å². The lowest BCUT2D eigenvalue weighted by Crippen LogP contribution is -2.33. The zero-order valence-electron chi connectivity index (χ0n) is 18.9. The lowest BCUT2D eigenvalue weighted by Gasteiger charge is -2.24. The van der Waals surface area contributed by atoms with Gasteiger partial charge in [-0.15, -0.1) is 0 Å². The van der Waals surface area contributed by atoms with E-state index < -0.39 is 12.1 Å². The van der Waals surface area contributed by atoms with Gasteiger partial charge in [-0.3, -0.25) is 9.69 Å². The Bertz CT molecular complexity index is 1080. The Morgan fingerprint density at radius 2 is 1.52 bits per heavy atom. The first-order chi connectivity index (χ1) is 16.1. The molecule has 1 aliphatic carbocycles. The van der Waals surface area contributed by atoms with Crippen molar-refractivity contribution in [2.75, 3.05) is 18.1 Å². The first-order valence-corrected chi connectivity index (χ1v) is 11.5. The van der Waals surface area contributed by atoms with E-state index in [1.54, 1.807) is 4.90 Å². The first-order valence-electron chi connectivity index (χ1n) is 11.5. The van der Waals surface area contributed by atoms with Crippen LogP contribution in [-0.4, -0.2) is 30.3 Å². The van der Waals surface area contributed by atoms with Crippen LogP contribution < -0.4 is 4.90 Å². The zero-order chi connectivity index (χ0) is 23.2. The highest BCUT2D eigenvalue weighted by molar-refractivity contribution is 5.88. The Hall–Kier alpha value is -3.60. The second-order valence-electron chi connectivity index (χ2n) is 8.37. The monoisotopic (exact) mass is 443 g/mol. The number of aliphatic carboxylic acids is 1. The van der Waals surface area contributed by atoms with Gasteiger partial charge in [0.05, 0.1) is 0 Å². The van der Waals surface area contributed by atoms with Gasteiger partial charge in [0, 0.05) is 24.6 Å². The number of fused-ring (bicyclic) bond motifs is 3. The third-order valence-corrected chi connectivity index (χ3v) is 6.12. The van der Waals surface area contributed by atoms with E-state index >= 15 is 0 Å². The third-order valence-electron chi connectivity index (χ3n) is 6.12. The minimum absolute atomic E-state index is 0.00107. The predicted octanol–water partition coefficient (Wildman–Crippen LogP) is 6.26. The molecule has 4 rings (SSSR count). The molecule has 1 N–H and O–H groups in total. The normalized spacial score (nSPS) is 12.2. The number of amides is 1. The second-order valence-corrected chi connectivity index (χ2v) is 8.37. The molecular weight excluding hydrogens is 414 g/mol. The van der Waals surface area contributed by atoms with Crippen LogP contribution in [0.25, 0.3) is 11.1 Å². The molecule has 0 aromatic heterocycles. The van der Waals surface area contributed by atoms with Gasteiger partial charge in [0.25, 0.3) is 0 Å². The molecule has 0 saturated heterocycles. The average Bonchev–Trinajstić information content (AvgIpc) is 3.15. The van der Waals surface area contributed by atoms with Gasteiger partial charge in [-0.2, -0.15) is 0 Å². The van der Waals surface area contributed by atoms with E-state index in [4.69, 9.17) is 9.84 Å². The van der Waals surface area contributed by atoms with Crippen LogP contribution in [0.4, 0.5) is 10.5 Å². The summed E-state index contributed by atoms with van der Waals surface area (Å²) >= 11 is 0. The number of benzene rings is 3. The Balaban J connectivity index is 1.51. The molecule has 0 aliphatic heterocycles. The fourth-order valence-corrected chi connectivity index (χ4v) is 4.52. The molecule has 5 nitrogen and oxygen atoms in total. The van der Waals surface area contributed by atoms with Crippen molar-refractivity contribution < 1.29 is 19.4 Å². The molecule has 5 heteroatoms. The summed E-state index contributed by atoms with van der Waals surface area (Å²) in [5.74, 6) is -0.894. The highest BCUT2D eigenvalue weighted by Crippen LogP contribution is 2.44. The summed E-state index contributed by atoms with van der Waals surface area (Å²) in [5.41, 5.74) is 6.61. The highest BCUT2D eigenvalue weighted by atomic mass is 16.6. The fraction of sp³-hybridized carbons (Fsp3) is 0.286. The van der Waals surface area contributed by atoms with E-state index in [0.717, 1.165) is 29.7 Å². The Kier molecular flexibility index (Phi) is 7.08. The molecule has 0 fully saturated rings. The number of carboxylic acid groups (broad SMARTS) is 1. The molecule has 0 spiro atoms. The quantitative estimate of drug-likeness (QED) is 0.424. The summed E-state index contributed by atoms with van der Waals surface area (Å²) in [6.45, 7) is 2.65. The molecule has 3 aromatic carbocycles. The van der Waals surface area contributed by atoms with Gasteiger partial charge in [0.15, 0.2) is 0 Å². The number of nitrogens with zero attached hydrogens (tertiary/aromatic N) is 1.